The van der Waals surface area contributed by atoms with Crippen molar-refractivity contribution in [3.8, 4) is 0 Å². The molecule has 2 N–H and O–H groups in total. The largest absolute Gasteiger partial charge is 0.344 e. The fraction of sp³-hybridized carbons (Fsp3) is 0.118. The van der Waals surface area contributed by atoms with Gasteiger partial charge in [0.15, 0.2) is 0 Å². The number of carbonyl (C=O) groups excluding carboxylic acids is 1. The minimum atomic E-state index is -3.96. The second-order valence-electron chi connectivity index (χ2n) is 5.81. The number of nitrogens with one attached hydrogen (secondary N) is 2. The van der Waals surface area contributed by atoms with E-state index in [9.17, 15) is 23.3 Å². The van der Waals surface area contributed by atoms with E-state index in [1.165, 1.54) is 24.3 Å². The summed E-state index contributed by atoms with van der Waals surface area (Å²) in [7, 11) is -3.96. The Bertz CT molecular complexity index is 1080. The van der Waals surface area contributed by atoms with Gasteiger partial charge < -0.3 is 5.32 Å². The molecule has 0 radical (unpaired) electrons. The molecule has 0 bridgehead atoms. The van der Waals surface area contributed by atoms with E-state index >= 15 is 0 Å². The van der Waals surface area contributed by atoms with Crippen LogP contribution in [0, 0.1) is 10.1 Å². The summed E-state index contributed by atoms with van der Waals surface area (Å²) in [5.74, 6) is -1.08. The maximum atomic E-state index is 12.6. The molecule has 144 valence electrons. The SMILES string of the molecule is O=C(NC(CS(=O)(=O)c1nc[nH]n1)c1cccc([N+](=O)[O-])c1)c1ccccc1. The van der Waals surface area contributed by atoms with Gasteiger partial charge in [-0.05, 0) is 17.7 Å². The van der Waals surface area contributed by atoms with Gasteiger partial charge in [0.05, 0.1) is 16.7 Å². The lowest BCUT2D eigenvalue weighted by Gasteiger charge is -2.18. The Morgan fingerprint density at radius 1 is 1.18 bits per heavy atom. The molecule has 28 heavy (non-hydrogen) atoms. The highest BCUT2D eigenvalue weighted by molar-refractivity contribution is 7.91. The van der Waals surface area contributed by atoms with Crippen LogP contribution in [0.4, 0.5) is 5.69 Å². The summed E-state index contributed by atoms with van der Waals surface area (Å²) >= 11 is 0. The minimum Gasteiger partial charge on any atom is -0.344 e. The maximum Gasteiger partial charge on any atom is 0.269 e. The van der Waals surface area contributed by atoms with Crippen molar-refractivity contribution in [2.75, 3.05) is 5.75 Å². The molecule has 0 saturated heterocycles. The quantitative estimate of drug-likeness (QED) is 0.452. The van der Waals surface area contributed by atoms with E-state index in [1.54, 1.807) is 30.3 Å². The van der Waals surface area contributed by atoms with E-state index in [0.29, 0.717) is 5.56 Å². The molecule has 1 atom stereocenters. The van der Waals surface area contributed by atoms with E-state index in [-0.39, 0.29) is 11.3 Å². The van der Waals surface area contributed by atoms with Crippen LogP contribution in [0.15, 0.2) is 66.1 Å². The number of benzene rings is 2. The fourth-order valence-electron chi connectivity index (χ4n) is 2.55. The van der Waals surface area contributed by atoms with E-state index in [4.69, 9.17) is 0 Å². The molecule has 1 unspecified atom stereocenters. The number of amides is 1. The number of rotatable bonds is 7. The Balaban J connectivity index is 1.95. The van der Waals surface area contributed by atoms with Gasteiger partial charge in [-0.15, -0.1) is 5.10 Å². The molecule has 0 aliphatic heterocycles. The lowest BCUT2D eigenvalue weighted by atomic mass is 10.1. The number of H-pyrrole nitrogens is 1. The smallest absolute Gasteiger partial charge is 0.269 e. The number of hydrogen-bond donors (Lipinski definition) is 2. The van der Waals surface area contributed by atoms with Gasteiger partial charge in [-0.25, -0.2) is 13.4 Å². The number of nitro groups is 1. The van der Waals surface area contributed by atoms with Crippen LogP contribution >= 0.6 is 0 Å². The van der Waals surface area contributed by atoms with E-state index in [0.717, 1.165) is 6.33 Å². The first kappa shape index (κ1) is 19.2. The molecular formula is C17H15N5O5S. The van der Waals surface area contributed by atoms with Crippen LogP contribution in [0.25, 0.3) is 0 Å². The molecule has 0 aliphatic carbocycles. The monoisotopic (exact) mass is 401 g/mol. The van der Waals surface area contributed by atoms with Crippen molar-refractivity contribution >= 4 is 21.4 Å². The number of non-ortho nitro benzene ring substituents is 1. The number of nitro benzene ring substituents is 1. The van der Waals surface area contributed by atoms with Crippen molar-refractivity contribution in [3.63, 3.8) is 0 Å². The zero-order valence-electron chi connectivity index (χ0n) is 14.3. The predicted molar refractivity (Wildman–Crippen MR) is 98.2 cm³/mol. The molecule has 3 rings (SSSR count). The molecule has 1 aromatic heterocycles. The first-order chi connectivity index (χ1) is 13.4. The van der Waals surface area contributed by atoms with Crippen LogP contribution in [-0.4, -0.2) is 40.2 Å². The number of aromatic amines is 1. The summed E-state index contributed by atoms with van der Waals surface area (Å²) < 4.78 is 25.2. The molecule has 2 aromatic carbocycles. The first-order valence-electron chi connectivity index (χ1n) is 8.05. The molecule has 0 fully saturated rings. The maximum absolute atomic E-state index is 12.6. The molecule has 11 heteroatoms. The Kier molecular flexibility index (Phi) is 5.45. The number of carbonyl (C=O) groups is 1. The highest BCUT2D eigenvalue weighted by Crippen LogP contribution is 2.23. The fourth-order valence-corrected chi connectivity index (χ4v) is 3.82. The van der Waals surface area contributed by atoms with Crippen molar-refractivity contribution in [3.05, 3.63) is 82.2 Å². The summed E-state index contributed by atoms with van der Waals surface area (Å²) in [6.45, 7) is 0. The van der Waals surface area contributed by atoms with Crippen LogP contribution < -0.4 is 5.32 Å². The zero-order valence-corrected chi connectivity index (χ0v) is 15.2. The Morgan fingerprint density at radius 2 is 1.93 bits per heavy atom. The van der Waals surface area contributed by atoms with Gasteiger partial charge in [-0.1, -0.05) is 30.3 Å². The number of hydrogen-bond acceptors (Lipinski definition) is 7. The minimum absolute atomic E-state index is 0.216. The van der Waals surface area contributed by atoms with E-state index < -0.39 is 37.6 Å². The Morgan fingerprint density at radius 3 is 2.57 bits per heavy atom. The van der Waals surface area contributed by atoms with Crippen molar-refractivity contribution in [2.45, 2.75) is 11.2 Å². The third-order valence-corrected chi connectivity index (χ3v) is 5.41. The highest BCUT2D eigenvalue weighted by atomic mass is 32.2. The topological polar surface area (TPSA) is 148 Å². The second kappa shape index (κ2) is 7.96. The molecule has 0 saturated carbocycles. The zero-order chi connectivity index (χ0) is 20.1. The van der Waals surface area contributed by atoms with E-state index in [1.807, 2.05) is 0 Å². The predicted octanol–water partition coefficient (Wildman–Crippen LogP) is 1.66. The molecule has 1 amide bonds. The summed E-state index contributed by atoms with van der Waals surface area (Å²) in [6.07, 6.45) is 1.12. The molecular weight excluding hydrogens is 386 g/mol. The molecule has 3 aromatic rings. The summed E-state index contributed by atoms with van der Waals surface area (Å²) in [5.41, 5.74) is 0.387. The standard InChI is InChI=1S/C17H15N5O5S/c23-16(12-5-2-1-3-6-12)20-15(10-28(26,27)17-18-11-19-21-17)13-7-4-8-14(9-13)22(24)25/h1-9,11,15H,10H2,(H,20,23)(H,18,19,21). The number of aromatic nitrogens is 3. The Hall–Kier alpha value is -3.60. The second-order valence-corrected chi connectivity index (χ2v) is 7.74. The first-order valence-corrected chi connectivity index (χ1v) is 9.71. The van der Waals surface area contributed by atoms with Crippen molar-refractivity contribution in [1.82, 2.24) is 20.5 Å². The van der Waals surface area contributed by atoms with Crippen LogP contribution in [0.5, 0.6) is 0 Å². The molecule has 1 heterocycles. The average Bonchev–Trinajstić information content (AvgIpc) is 3.24. The van der Waals surface area contributed by atoms with Crippen LogP contribution in [-0.2, 0) is 9.84 Å². The number of sulfone groups is 1. The third kappa shape index (κ3) is 4.38. The average molecular weight is 401 g/mol. The lowest BCUT2D eigenvalue weighted by molar-refractivity contribution is -0.384. The van der Waals surface area contributed by atoms with E-state index in [2.05, 4.69) is 20.5 Å². The summed E-state index contributed by atoms with van der Waals surface area (Å²) in [5, 5.41) is 19.2. The van der Waals surface area contributed by atoms with Gasteiger partial charge in [0.2, 0.25) is 9.84 Å². The lowest BCUT2D eigenvalue weighted by Crippen LogP contribution is -2.33. The summed E-state index contributed by atoms with van der Waals surface area (Å²) in [4.78, 5) is 26.7. The molecule has 10 nitrogen and oxygen atoms in total. The number of nitrogens with zero attached hydrogens (tertiary/aromatic N) is 3. The van der Waals surface area contributed by atoms with Crippen LogP contribution in [0.1, 0.15) is 22.0 Å². The van der Waals surface area contributed by atoms with Gasteiger partial charge in [-0.2, -0.15) is 0 Å². The third-order valence-electron chi connectivity index (χ3n) is 3.88. The Labute approximate surface area is 159 Å². The van der Waals surface area contributed by atoms with Crippen LogP contribution in [0.2, 0.25) is 0 Å². The van der Waals surface area contributed by atoms with Gasteiger partial charge >= 0.3 is 0 Å². The van der Waals surface area contributed by atoms with Crippen molar-refractivity contribution < 1.29 is 18.1 Å². The van der Waals surface area contributed by atoms with Crippen LogP contribution in [0.3, 0.4) is 0 Å². The van der Waals surface area contributed by atoms with Gasteiger partial charge in [0, 0.05) is 17.7 Å². The molecule has 0 spiro atoms. The van der Waals surface area contributed by atoms with Crippen molar-refractivity contribution in [1.29, 1.82) is 0 Å². The molecule has 0 aliphatic rings. The van der Waals surface area contributed by atoms with Crippen molar-refractivity contribution in [2.24, 2.45) is 0 Å². The van der Waals surface area contributed by atoms with Gasteiger partial charge in [0.1, 0.15) is 6.33 Å². The normalized spacial score (nSPS) is 12.3. The highest BCUT2D eigenvalue weighted by Gasteiger charge is 2.28. The van der Waals surface area contributed by atoms with Gasteiger partial charge in [-0.3, -0.25) is 20.0 Å². The summed E-state index contributed by atoms with van der Waals surface area (Å²) in [6, 6.07) is 12.6. The van der Waals surface area contributed by atoms with Gasteiger partial charge in [0.25, 0.3) is 16.8 Å².